The monoisotopic (exact) mass is 400 g/mol. The summed E-state index contributed by atoms with van der Waals surface area (Å²) in [6, 6.07) is 5.40. The summed E-state index contributed by atoms with van der Waals surface area (Å²) in [4.78, 5) is 15.0. The number of carbonyl (C=O) groups is 1. The molecule has 0 radical (unpaired) electrons. The molecular formula is C19H20ClF3N2O2. The molecule has 0 aliphatic carbocycles. The SMILES string of the molecule is CCNCc1cc(C(F)(F)F)ccc1-c1cnc(Cl)c(CCOC(C)=O)c1. The van der Waals surface area contributed by atoms with Crippen molar-refractivity contribution in [3.63, 3.8) is 0 Å². The predicted octanol–water partition coefficient (Wildman–Crippen LogP) is 4.64. The van der Waals surface area contributed by atoms with Gasteiger partial charge in [0.15, 0.2) is 0 Å². The molecule has 146 valence electrons. The topological polar surface area (TPSA) is 51.2 Å². The lowest BCUT2D eigenvalue weighted by Crippen LogP contribution is -2.14. The standard InChI is InChI=1S/C19H20ClF3N2O2/c1-3-24-10-15-9-16(19(21,22)23)4-5-17(15)14-8-13(18(20)25-11-14)6-7-27-12(2)26/h4-5,8-9,11,24H,3,6-7,10H2,1-2H3. The van der Waals surface area contributed by atoms with Crippen molar-refractivity contribution in [1.82, 2.24) is 10.3 Å². The van der Waals surface area contributed by atoms with Crippen LogP contribution in [0.25, 0.3) is 11.1 Å². The molecule has 0 aliphatic rings. The number of pyridine rings is 1. The zero-order valence-corrected chi connectivity index (χ0v) is 15.7. The molecule has 1 heterocycles. The van der Waals surface area contributed by atoms with E-state index in [4.69, 9.17) is 16.3 Å². The maximum atomic E-state index is 13.1. The number of halogens is 4. The van der Waals surface area contributed by atoms with E-state index in [1.807, 2.05) is 6.92 Å². The summed E-state index contributed by atoms with van der Waals surface area (Å²) in [5.41, 5.74) is 1.77. The molecule has 0 fully saturated rings. The van der Waals surface area contributed by atoms with Crippen LogP contribution in [-0.2, 0) is 28.7 Å². The molecule has 1 N–H and O–H groups in total. The van der Waals surface area contributed by atoms with Gasteiger partial charge >= 0.3 is 12.1 Å². The highest BCUT2D eigenvalue weighted by molar-refractivity contribution is 6.30. The van der Waals surface area contributed by atoms with Crippen LogP contribution in [0.5, 0.6) is 0 Å². The van der Waals surface area contributed by atoms with Gasteiger partial charge in [-0.15, -0.1) is 0 Å². The number of hydrogen-bond donors (Lipinski definition) is 1. The summed E-state index contributed by atoms with van der Waals surface area (Å²) in [7, 11) is 0. The fourth-order valence-electron chi connectivity index (χ4n) is 2.58. The fraction of sp³-hybridized carbons (Fsp3) is 0.368. The molecule has 4 nitrogen and oxygen atoms in total. The first-order valence-electron chi connectivity index (χ1n) is 8.41. The van der Waals surface area contributed by atoms with Gasteiger partial charge in [0.05, 0.1) is 12.2 Å². The number of rotatable bonds is 7. The van der Waals surface area contributed by atoms with Crippen molar-refractivity contribution >= 4 is 17.6 Å². The Bertz CT molecular complexity index is 810. The molecule has 0 saturated carbocycles. The third-order valence-electron chi connectivity index (χ3n) is 3.90. The molecule has 0 amide bonds. The molecule has 1 aromatic carbocycles. The minimum atomic E-state index is -4.41. The second kappa shape index (κ2) is 9.19. The first-order chi connectivity index (χ1) is 12.7. The summed E-state index contributed by atoms with van der Waals surface area (Å²) in [5.74, 6) is -0.397. The highest BCUT2D eigenvalue weighted by atomic mass is 35.5. The van der Waals surface area contributed by atoms with Crippen LogP contribution in [0.15, 0.2) is 30.5 Å². The number of aromatic nitrogens is 1. The van der Waals surface area contributed by atoms with Gasteiger partial charge in [0.25, 0.3) is 0 Å². The number of hydrogen-bond acceptors (Lipinski definition) is 4. The number of esters is 1. The van der Waals surface area contributed by atoms with E-state index in [9.17, 15) is 18.0 Å². The maximum absolute atomic E-state index is 13.1. The van der Waals surface area contributed by atoms with Gasteiger partial charge in [-0.3, -0.25) is 4.79 Å². The number of ether oxygens (including phenoxy) is 1. The number of carbonyl (C=O) groups excluding carboxylic acids is 1. The molecule has 0 saturated heterocycles. The molecule has 0 atom stereocenters. The molecule has 0 aliphatic heterocycles. The Morgan fingerprint density at radius 1 is 1.26 bits per heavy atom. The van der Waals surface area contributed by atoms with Gasteiger partial charge in [0.2, 0.25) is 0 Å². The van der Waals surface area contributed by atoms with Gasteiger partial charge in [0.1, 0.15) is 5.15 Å². The molecule has 2 aromatic rings. The molecule has 0 unspecified atom stereocenters. The lowest BCUT2D eigenvalue weighted by atomic mass is 9.97. The van der Waals surface area contributed by atoms with Gasteiger partial charge in [-0.2, -0.15) is 13.2 Å². The molecular weight excluding hydrogens is 381 g/mol. The lowest BCUT2D eigenvalue weighted by Gasteiger charge is -2.15. The van der Waals surface area contributed by atoms with E-state index in [2.05, 4.69) is 10.3 Å². The minimum absolute atomic E-state index is 0.150. The molecule has 0 bridgehead atoms. The highest BCUT2D eigenvalue weighted by Crippen LogP contribution is 2.34. The maximum Gasteiger partial charge on any atom is 0.416 e. The van der Waals surface area contributed by atoms with Gasteiger partial charge in [-0.25, -0.2) is 4.98 Å². The van der Waals surface area contributed by atoms with E-state index in [0.717, 1.165) is 12.1 Å². The molecule has 1 aromatic heterocycles. The lowest BCUT2D eigenvalue weighted by molar-refractivity contribution is -0.141. The predicted molar refractivity (Wildman–Crippen MR) is 97.4 cm³/mol. The van der Waals surface area contributed by atoms with Crippen LogP contribution in [0.4, 0.5) is 13.2 Å². The Hall–Kier alpha value is -2.12. The van der Waals surface area contributed by atoms with Crippen LogP contribution in [0.2, 0.25) is 5.15 Å². The van der Waals surface area contributed by atoms with Crippen molar-refractivity contribution in [2.45, 2.75) is 33.0 Å². The van der Waals surface area contributed by atoms with Crippen LogP contribution in [0, 0.1) is 0 Å². The van der Waals surface area contributed by atoms with Crippen molar-refractivity contribution in [3.8, 4) is 11.1 Å². The Balaban J connectivity index is 2.39. The third-order valence-corrected chi connectivity index (χ3v) is 4.24. The summed E-state index contributed by atoms with van der Waals surface area (Å²) < 4.78 is 44.1. The van der Waals surface area contributed by atoms with E-state index >= 15 is 0 Å². The van der Waals surface area contributed by atoms with Crippen molar-refractivity contribution in [1.29, 1.82) is 0 Å². The number of alkyl halides is 3. The highest BCUT2D eigenvalue weighted by Gasteiger charge is 2.31. The van der Waals surface area contributed by atoms with Crippen molar-refractivity contribution in [2.24, 2.45) is 0 Å². The van der Waals surface area contributed by atoms with Crippen LogP contribution in [-0.4, -0.2) is 24.1 Å². The average molecular weight is 401 g/mol. The first-order valence-corrected chi connectivity index (χ1v) is 8.79. The number of benzene rings is 1. The van der Waals surface area contributed by atoms with E-state index in [1.165, 1.54) is 19.2 Å². The summed E-state index contributed by atoms with van der Waals surface area (Å²) in [6.07, 6.45) is -2.52. The second-order valence-electron chi connectivity index (χ2n) is 5.91. The number of nitrogens with zero attached hydrogens (tertiary/aromatic N) is 1. The van der Waals surface area contributed by atoms with Gasteiger partial charge < -0.3 is 10.1 Å². The van der Waals surface area contributed by atoms with E-state index in [-0.39, 0.29) is 11.8 Å². The van der Waals surface area contributed by atoms with E-state index in [1.54, 1.807) is 6.07 Å². The quantitative estimate of drug-likeness (QED) is 0.543. The third kappa shape index (κ3) is 5.94. The van der Waals surface area contributed by atoms with Gasteiger partial charge in [0, 0.05) is 31.6 Å². The summed E-state index contributed by atoms with van der Waals surface area (Å²) in [5, 5.41) is 3.32. The van der Waals surface area contributed by atoms with Crippen molar-refractivity contribution in [3.05, 3.63) is 52.3 Å². The zero-order chi connectivity index (χ0) is 20.0. The minimum Gasteiger partial charge on any atom is -0.466 e. The largest absolute Gasteiger partial charge is 0.466 e. The van der Waals surface area contributed by atoms with Crippen LogP contribution in [0.1, 0.15) is 30.5 Å². The van der Waals surface area contributed by atoms with Gasteiger partial charge in [-0.1, -0.05) is 24.6 Å². The Morgan fingerprint density at radius 3 is 2.63 bits per heavy atom. The Kier molecular flexibility index (Phi) is 7.21. The molecule has 8 heteroatoms. The Morgan fingerprint density at radius 2 is 2.00 bits per heavy atom. The van der Waals surface area contributed by atoms with Crippen molar-refractivity contribution in [2.75, 3.05) is 13.2 Å². The van der Waals surface area contributed by atoms with Crippen LogP contribution >= 0.6 is 11.6 Å². The molecule has 27 heavy (non-hydrogen) atoms. The van der Waals surface area contributed by atoms with Gasteiger partial charge in [-0.05, 0) is 41.4 Å². The van der Waals surface area contributed by atoms with Crippen LogP contribution in [0.3, 0.4) is 0 Å². The Labute approximate surface area is 160 Å². The first kappa shape index (κ1) is 21.2. The van der Waals surface area contributed by atoms with Crippen molar-refractivity contribution < 1.29 is 22.7 Å². The fourth-order valence-corrected chi connectivity index (χ4v) is 2.78. The smallest absolute Gasteiger partial charge is 0.416 e. The number of nitrogens with one attached hydrogen (secondary N) is 1. The second-order valence-corrected chi connectivity index (χ2v) is 6.27. The average Bonchev–Trinajstić information content (AvgIpc) is 2.60. The summed E-state index contributed by atoms with van der Waals surface area (Å²) in [6.45, 7) is 4.26. The normalized spacial score (nSPS) is 11.5. The molecule has 0 spiro atoms. The zero-order valence-electron chi connectivity index (χ0n) is 15.0. The van der Waals surface area contributed by atoms with Crippen LogP contribution < -0.4 is 5.32 Å². The molecule has 2 rings (SSSR count). The van der Waals surface area contributed by atoms with E-state index < -0.39 is 17.7 Å². The summed E-state index contributed by atoms with van der Waals surface area (Å²) >= 11 is 6.09. The van der Waals surface area contributed by atoms with E-state index in [0.29, 0.717) is 41.8 Å².